The van der Waals surface area contributed by atoms with Crippen molar-refractivity contribution >= 4 is 10.0 Å². The Morgan fingerprint density at radius 3 is 2.63 bits per heavy atom. The Morgan fingerprint density at radius 1 is 1.16 bits per heavy atom. The first-order chi connectivity index (χ1) is 9.13. The number of nitrogens with zero attached hydrogens (tertiary/aromatic N) is 1. The van der Waals surface area contributed by atoms with Crippen molar-refractivity contribution in [1.82, 2.24) is 4.31 Å². The molecule has 106 valence electrons. The van der Waals surface area contributed by atoms with Crippen LogP contribution in [0.4, 0.5) is 0 Å². The van der Waals surface area contributed by atoms with Crippen LogP contribution in [-0.4, -0.2) is 39.0 Å². The van der Waals surface area contributed by atoms with Gasteiger partial charge in [-0.3, -0.25) is 0 Å². The van der Waals surface area contributed by atoms with Gasteiger partial charge in [-0.25, -0.2) is 8.42 Å². The molecule has 0 amide bonds. The zero-order valence-electron chi connectivity index (χ0n) is 10.9. The highest BCUT2D eigenvalue weighted by molar-refractivity contribution is 7.88. The lowest BCUT2D eigenvalue weighted by atomic mass is 10.1. The summed E-state index contributed by atoms with van der Waals surface area (Å²) in [5.41, 5.74) is 7.32. The van der Waals surface area contributed by atoms with E-state index in [0.29, 0.717) is 32.8 Å². The summed E-state index contributed by atoms with van der Waals surface area (Å²) in [6.45, 7) is 2.43. The van der Waals surface area contributed by atoms with Crippen LogP contribution in [0.15, 0.2) is 24.3 Å². The SMILES string of the molecule is NCc1ccccc1CS(=O)(=O)N1CCCOCC1. The molecule has 1 fully saturated rings. The average molecular weight is 284 g/mol. The van der Waals surface area contributed by atoms with E-state index in [0.717, 1.165) is 17.5 Å². The monoisotopic (exact) mass is 284 g/mol. The highest BCUT2D eigenvalue weighted by atomic mass is 32.2. The van der Waals surface area contributed by atoms with Gasteiger partial charge >= 0.3 is 0 Å². The maximum Gasteiger partial charge on any atom is 0.218 e. The van der Waals surface area contributed by atoms with Crippen LogP contribution in [0.2, 0.25) is 0 Å². The van der Waals surface area contributed by atoms with Crippen molar-refractivity contribution in [3.05, 3.63) is 35.4 Å². The van der Waals surface area contributed by atoms with E-state index in [1.165, 1.54) is 4.31 Å². The van der Waals surface area contributed by atoms with E-state index in [-0.39, 0.29) is 5.75 Å². The smallest absolute Gasteiger partial charge is 0.218 e. The lowest BCUT2D eigenvalue weighted by molar-refractivity contribution is 0.148. The Labute approximate surface area is 114 Å². The molecule has 19 heavy (non-hydrogen) atoms. The van der Waals surface area contributed by atoms with Crippen molar-refractivity contribution in [2.75, 3.05) is 26.3 Å². The Morgan fingerprint density at radius 2 is 1.89 bits per heavy atom. The Bertz CT molecular complexity index is 508. The molecule has 1 aliphatic heterocycles. The second-order valence-electron chi connectivity index (χ2n) is 4.59. The van der Waals surface area contributed by atoms with E-state index >= 15 is 0 Å². The first-order valence-electron chi connectivity index (χ1n) is 6.46. The molecule has 0 radical (unpaired) electrons. The van der Waals surface area contributed by atoms with Crippen molar-refractivity contribution < 1.29 is 13.2 Å². The van der Waals surface area contributed by atoms with Gasteiger partial charge in [0.05, 0.1) is 12.4 Å². The molecule has 5 nitrogen and oxygen atoms in total. The van der Waals surface area contributed by atoms with Crippen molar-refractivity contribution in [2.45, 2.75) is 18.7 Å². The standard InChI is InChI=1S/C13H20N2O3S/c14-10-12-4-1-2-5-13(12)11-19(16,17)15-6-3-8-18-9-7-15/h1-2,4-5H,3,6-11,14H2. The molecule has 2 N–H and O–H groups in total. The highest BCUT2D eigenvalue weighted by Crippen LogP contribution is 2.16. The topological polar surface area (TPSA) is 72.6 Å². The van der Waals surface area contributed by atoms with E-state index in [1.54, 1.807) is 0 Å². The van der Waals surface area contributed by atoms with Crippen molar-refractivity contribution in [3.8, 4) is 0 Å². The molecular weight excluding hydrogens is 264 g/mol. The van der Waals surface area contributed by atoms with Gasteiger partial charge in [-0.1, -0.05) is 24.3 Å². The zero-order valence-corrected chi connectivity index (χ0v) is 11.7. The van der Waals surface area contributed by atoms with Crippen molar-refractivity contribution in [1.29, 1.82) is 0 Å². The average Bonchev–Trinajstić information content (AvgIpc) is 2.68. The van der Waals surface area contributed by atoms with Gasteiger partial charge in [-0.2, -0.15) is 4.31 Å². The fourth-order valence-electron chi connectivity index (χ4n) is 2.19. The number of hydrogen-bond acceptors (Lipinski definition) is 4. The minimum atomic E-state index is -3.29. The molecule has 1 aliphatic rings. The zero-order chi connectivity index (χ0) is 13.7. The van der Waals surface area contributed by atoms with Gasteiger partial charge in [0.15, 0.2) is 0 Å². The molecule has 0 spiro atoms. The summed E-state index contributed by atoms with van der Waals surface area (Å²) in [6.07, 6.45) is 0.748. The van der Waals surface area contributed by atoms with Crippen molar-refractivity contribution in [3.63, 3.8) is 0 Å². The van der Waals surface area contributed by atoms with Crippen LogP contribution in [0.25, 0.3) is 0 Å². The third kappa shape index (κ3) is 3.76. The predicted molar refractivity (Wildman–Crippen MR) is 74.0 cm³/mol. The van der Waals surface area contributed by atoms with Gasteiger partial charge in [0.25, 0.3) is 0 Å². The quantitative estimate of drug-likeness (QED) is 0.883. The molecule has 0 atom stereocenters. The lowest BCUT2D eigenvalue weighted by Crippen LogP contribution is -2.34. The fourth-order valence-corrected chi connectivity index (χ4v) is 3.80. The lowest BCUT2D eigenvalue weighted by Gasteiger charge is -2.20. The number of ether oxygens (including phenoxy) is 1. The third-order valence-corrected chi connectivity index (χ3v) is 5.08. The van der Waals surface area contributed by atoms with Crippen LogP contribution in [0.1, 0.15) is 17.5 Å². The first-order valence-corrected chi connectivity index (χ1v) is 8.07. The molecule has 1 aromatic rings. The summed E-state index contributed by atoms with van der Waals surface area (Å²) < 4.78 is 31.6. The molecule has 6 heteroatoms. The van der Waals surface area contributed by atoms with E-state index in [2.05, 4.69) is 0 Å². The summed E-state index contributed by atoms with van der Waals surface area (Å²) in [6, 6.07) is 7.41. The molecule has 0 saturated carbocycles. The number of hydrogen-bond donors (Lipinski definition) is 1. The van der Waals surface area contributed by atoms with E-state index < -0.39 is 10.0 Å². The van der Waals surface area contributed by atoms with Gasteiger partial charge in [-0.15, -0.1) is 0 Å². The van der Waals surface area contributed by atoms with Crippen LogP contribution in [0, 0.1) is 0 Å². The number of nitrogens with two attached hydrogens (primary N) is 1. The van der Waals surface area contributed by atoms with E-state index in [4.69, 9.17) is 10.5 Å². The molecule has 1 aromatic carbocycles. The van der Waals surface area contributed by atoms with Crippen LogP contribution in [0.3, 0.4) is 0 Å². The Hall–Kier alpha value is -0.950. The maximum absolute atomic E-state index is 12.4. The Kier molecular flexibility index (Phi) is 4.93. The molecule has 0 aliphatic carbocycles. The molecule has 0 unspecified atom stereocenters. The van der Waals surface area contributed by atoms with Crippen LogP contribution in [-0.2, 0) is 27.1 Å². The number of rotatable bonds is 4. The normalized spacial score (nSPS) is 18.2. The second kappa shape index (κ2) is 6.47. The second-order valence-corrected chi connectivity index (χ2v) is 6.56. The summed E-state index contributed by atoms with van der Waals surface area (Å²) in [5.74, 6) is 0.0143. The van der Waals surface area contributed by atoms with Crippen LogP contribution >= 0.6 is 0 Å². The molecule has 0 bridgehead atoms. The maximum atomic E-state index is 12.4. The largest absolute Gasteiger partial charge is 0.380 e. The van der Waals surface area contributed by atoms with Crippen LogP contribution in [0.5, 0.6) is 0 Å². The summed E-state index contributed by atoms with van der Waals surface area (Å²) in [7, 11) is -3.29. The first kappa shape index (κ1) is 14.5. The summed E-state index contributed by atoms with van der Waals surface area (Å²) in [5, 5.41) is 0. The van der Waals surface area contributed by atoms with Gasteiger partial charge < -0.3 is 10.5 Å². The predicted octanol–water partition coefficient (Wildman–Crippen LogP) is 0.697. The van der Waals surface area contributed by atoms with Crippen molar-refractivity contribution in [2.24, 2.45) is 5.73 Å². The third-order valence-electron chi connectivity index (χ3n) is 3.25. The van der Waals surface area contributed by atoms with Crippen LogP contribution < -0.4 is 5.73 Å². The van der Waals surface area contributed by atoms with E-state index in [1.807, 2.05) is 24.3 Å². The minimum absolute atomic E-state index is 0.0143. The number of sulfonamides is 1. The van der Waals surface area contributed by atoms with E-state index in [9.17, 15) is 8.42 Å². The Balaban J connectivity index is 2.15. The molecule has 1 heterocycles. The summed E-state index contributed by atoms with van der Waals surface area (Å²) >= 11 is 0. The number of benzene rings is 1. The van der Waals surface area contributed by atoms with Gasteiger partial charge in [0, 0.05) is 26.2 Å². The van der Waals surface area contributed by atoms with Gasteiger partial charge in [0.2, 0.25) is 10.0 Å². The molecule has 2 rings (SSSR count). The summed E-state index contributed by atoms with van der Waals surface area (Å²) in [4.78, 5) is 0. The molecule has 0 aromatic heterocycles. The fraction of sp³-hybridized carbons (Fsp3) is 0.538. The minimum Gasteiger partial charge on any atom is -0.380 e. The van der Waals surface area contributed by atoms with Gasteiger partial charge in [-0.05, 0) is 17.5 Å². The highest BCUT2D eigenvalue weighted by Gasteiger charge is 2.24. The molecular formula is C13H20N2O3S. The molecule has 1 saturated heterocycles. The van der Waals surface area contributed by atoms with Gasteiger partial charge in [0.1, 0.15) is 0 Å².